The van der Waals surface area contributed by atoms with Gasteiger partial charge < -0.3 is 20.4 Å². The fraction of sp³-hybridized carbons (Fsp3) is 0.222. The zero-order valence-electron chi connectivity index (χ0n) is 13.9. The van der Waals surface area contributed by atoms with Crippen LogP contribution in [0.5, 0.6) is 0 Å². The third-order valence-electron chi connectivity index (χ3n) is 4.66. The third kappa shape index (κ3) is 2.65. The number of aliphatic carboxylic acids is 3. The molecule has 0 heterocycles. The third-order valence-corrected chi connectivity index (χ3v) is 4.66. The van der Waals surface area contributed by atoms with Gasteiger partial charge in [-0.2, -0.15) is 0 Å². The molecule has 0 radical (unpaired) electrons. The minimum atomic E-state index is -2.66. The monoisotopic (exact) mass is 360 g/mol. The zero-order chi connectivity index (χ0) is 19.8. The lowest BCUT2D eigenvalue weighted by molar-refractivity contribution is -0.166. The van der Waals surface area contributed by atoms with E-state index in [1.165, 1.54) is 31.2 Å². The molecule has 2 rings (SSSR count). The summed E-state index contributed by atoms with van der Waals surface area (Å²) in [5.74, 6) is -7.53. The SMILES string of the molecule is Cc1cc(C(=O)O)ccc1C1=CC=C(C(=O)O)C(C(=O)O)(C(=O)O)C1C. The Kier molecular flexibility index (Phi) is 4.71. The van der Waals surface area contributed by atoms with Crippen molar-refractivity contribution >= 4 is 29.5 Å². The Labute approximate surface area is 147 Å². The molecule has 0 fully saturated rings. The molecule has 1 unspecified atom stereocenters. The van der Waals surface area contributed by atoms with E-state index in [9.17, 15) is 34.5 Å². The lowest BCUT2D eigenvalue weighted by atomic mass is 9.63. The van der Waals surface area contributed by atoms with Crippen molar-refractivity contribution in [3.05, 3.63) is 52.6 Å². The van der Waals surface area contributed by atoms with Gasteiger partial charge >= 0.3 is 23.9 Å². The first kappa shape index (κ1) is 18.9. The van der Waals surface area contributed by atoms with E-state index in [-0.39, 0.29) is 5.56 Å². The van der Waals surface area contributed by atoms with Crippen molar-refractivity contribution in [3.63, 3.8) is 0 Å². The largest absolute Gasteiger partial charge is 0.480 e. The second kappa shape index (κ2) is 6.47. The van der Waals surface area contributed by atoms with Crippen LogP contribution in [0.2, 0.25) is 0 Å². The van der Waals surface area contributed by atoms with Crippen LogP contribution in [0.15, 0.2) is 35.9 Å². The molecule has 136 valence electrons. The van der Waals surface area contributed by atoms with Crippen LogP contribution in [0.3, 0.4) is 0 Å². The number of carbonyl (C=O) groups is 4. The van der Waals surface area contributed by atoms with Gasteiger partial charge in [0.05, 0.1) is 11.1 Å². The van der Waals surface area contributed by atoms with Gasteiger partial charge in [-0.25, -0.2) is 9.59 Å². The Morgan fingerprint density at radius 1 is 0.923 bits per heavy atom. The van der Waals surface area contributed by atoms with Gasteiger partial charge in [0.25, 0.3) is 0 Å². The van der Waals surface area contributed by atoms with Crippen LogP contribution in [-0.2, 0) is 14.4 Å². The van der Waals surface area contributed by atoms with Crippen LogP contribution >= 0.6 is 0 Å². The molecule has 4 N–H and O–H groups in total. The molecule has 0 spiro atoms. The molecule has 0 aliphatic heterocycles. The summed E-state index contributed by atoms with van der Waals surface area (Å²) in [6.45, 7) is 2.93. The second-order valence-corrected chi connectivity index (χ2v) is 5.98. The molecule has 1 aromatic rings. The highest BCUT2D eigenvalue weighted by Crippen LogP contribution is 2.47. The summed E-state index contributed by atoms with van der Waals surface area (Å²) in [4.78, 5) is 46.2. The van der Waals surface area contributed by atoms with Crippen molar-refractivity contribution in [1.82, 2.24) is 0 Å². The maximum Gasteiger partial charge on any atom is 0.335 e. The van der Waals surface area contributed by atoms with Gasteiger partial charge in [0.2, 0.25) is 5.41 Å². The van der Waals surface area contributed by atoms with E-state index in [4.69, 9.17) is 5.11 Å². The van der Waals surface area contributed by atoms with Gasteiger partial charge in [-0.1, -0.05) is 19.1 Å². The predicted octanol–water partition coefficient (Wildman–Crippen LogP) is 1.89. The van der Waals surface area contributed by atoms with Crippen molar-refractivity contribution in [2.75, 3.05) is 0 Å². The molecule has 26 heavy (non-hydrogen) atoms. The Hall–Kier alpha value is -3.42. The molecule has 0 aromatic heterocycles. The topological polar surface area (TPSA) is 149 Å². The number of hydrogen-bond donors (Lipinski definition) is 4. The van der Waals surface area contributed by atoms with Gasteiger partial charge in [-0.15, -0.1) is 0 Å². The molecule has 1 aliphatic carbocycles. The highest BCUT2D eigenvalue weighted by Gasteiger charge is 2.58. The normalized spacial score (nSPS) is 18.5. The molecule has 8 nitrogen and oxygen atoms in total. The van der Waals surface area contributed by atoms with E-state index < -0.39 is 40.8 Å². The smallest absolute Gasteiger partial charge is 0.335 e. The van der Waals surface area contributed by atoms with E-state index >= 15 is 0 Å². The first-order chi connectivity index (χ1) is 12.0. The van der Waals surface area contributed by atoms with E-state index in [2.05, 4.69) is 0 Å². The summed E-state index contributed by atoms with van der Waals surface area (Å²) in [5, 5.41) is 37.6. The molecule has 1 aromatic carbocycles. The molecular weight excluding hydrogens is 344 g/mol. The number of hydrogen-bond acceptors (Lipinski definition) is 4. The van der Waals surface area contributed by atoms with Crippen molar-refractivity contribution in [2.24, 2.45) is 11.3 Å². The first-order valence-electron chi connectivity index (χ1n) is 7.51. The van der Waals surface area contributed by atoms with Gasteiger partial charge in [0.1, 0.15) is 0 Å². The van der Waals surface area contributed by atoms with Crippen LogP contribution in [-0.4, -0.2) is 44.3 Å². The number of rotatable bonds is 5. The molecule has 0 saturated carbocycles. The quantitative estimate of drug-likeness (QED) is 0.582. The summed E-state index contributed by atoms with van der Waals surface area (Å²) in [6, 6.07) is 4.15. The maximum atomic E-state index is 11.9. The molecule has 1 atom stereocenters. The number of benzene rings is 1. The fourth-order valence-corrected chi connectivity index (χ4v) is 3.29. The number of aryl methyl sites for hydroxylation is 1. The van der Waals surface area contributed by atoms with Crippen LogP contribution in [0.25, 0.3) is 5.57 Å². The molecule has 0 bridgehead atoms. The maximum absolute atomic E-state index is 11.9. The average Bonchev–Trinajstić information content (AvgIpc) is 2.53. The van der Waals surface area contributed by atoms with Gasteiger partial charge in [0, 0.05) is 5.92 Å². The van der Waals surface area contributed by atoms with Crippen molar-refractivity contribution in [3.8, 4) is 0 Å². The first-order valence-corrected chi connectivity index (χ1v) is 7.51. The molecule has 0 saturated heterocycles. The minimum absolute atomic E-state index is 0.0276. The Bertz CT molecular complexity index is 876. The number of carboxylic acid groups (broad SMARTS) is 4. The number of carboxylic acids is 4. The van der Waals surface area contributed by atoms with E-state index in [1.807, 2.05) is 0 Å². The van der Waals surface area contributed by atoms with Crippen LogP contribution < -0.4 is 0 Å². The van der Waals surface area contributed by atoms with E-state index in [0.29, 0.717) is 16.7 Å². The van der Waals surface area contributed by atoms with E-state index in [1.54, 1.807) is 6.92 Å². The summed E-state index contributed by atoms with van der Waals surface area (Å²) in [6.07, 6.45) is 2.34. The van der Waals surface area contributed by atoms with Gasteiger partial charge in [-0.05, 0) is 41.8 Å². The Morgan fingerprint density at radius 2 is 1.50 bits per heavy atom. The average molecular weight is 360 g/mol. The lowest BCUT2D eigenvalue weighted by Gasteiger charge is -2.36. The van der Waals surface area contributed by atoms with Gasteiger partial charge in [-0.3, -0.25) is 9.59 Å². The highest BCUT2D eigenvalue weighted by atomic mass is 16.4. The summed E-state index contributed by atoms with van der Waals surface area (Å²) >= 11 is 0. The molecule has 1 aliphatic rings. The minimum Gasteiger partial charge on any atom is -0.480 e. The van der Waals surface area contributed by atoms with Crippen LogP contribution in [0, 0.1) is 18.3 Å². The lowest BCUT2D eigenvalue weighted by Crippen LogP contribution is -2.49. The Balaban J connectivity index is 2.73. The zero-order valence-corrected chi connectivity index (χ0v) is 13.9. The number of aromatic carboxylic acids is 1. The summed E-state index contributed by atoms with van der Waals surface area (Å²) < 4.78 is 0. The number of allylic oxidation sites excluding steroid dienone is 3. The molecular formula is C18H16O8. The van der Waals surface area contributed by atoms with Gasteiger partial charge in [0.15, 0.2) is 0 Å². The molecule has 8 heteroatoms. The standard InChI is InChI=1S/C18H16O8/c1-8-7-10(14(19)20)3-4-11(8)12-5-6-13(15(21)22)18(9(12)2,16(23)24)17(25)26/h3-7,9H,1-2H3,(H,19,20)(H,21,22)(H,23,24)(H,25,26). The Morgan fingerprint density at radius 3 is 1.92 bits per heavy atom. The van der Waals surface area contributed by atoms with Crippen molar-refractivity contribution in [1.29, 1.82) is 0 Å². The second-order valence-electron chi connectivity index (χ2n) is 5.98. The highest BCUT2D eigenvalue weighted by molar-refractivity contribution is 6.13. The van der Waals surface area contributed by atoms with Crippen LogP contribution in [0.4, 0.5) is 0 Å². The summed E-state index contributed by atoms with van der Waals surface area (Å²) in [7, 11) is 0. The van der Waals surface area contributed by atoms with E-state index in [0.717, 1.165) is 6.08 Å². The molecule has 0 amide bonds. The predicted molar refractivity (Wildman–Crippen MR) is 88.7 cm³/mol. The van der Waals surface area contributed by atoms with Crippen molar-refractivity contribution < 1.29 is 39.6 Å². The van der Waals surface area contributed by atoms with Crippen LogP contribution in [0.1, 0.15) is 28.4 Å². The fourth-order valence-electron chi connectivity index (χ4n) is 3.29. The summed E-state index contributed by atoms with van der Waals surface area (Å²) in [5.41, 5.74) is -2.12. The van der Waals surface area contributed by atoms with Crippen molar-refractivity contribution in [2.45, 2.75) is 13.8 Å².